The van der Waals surface area contributed by atoms with E-state index in [1.54, 1.807) is 13.1 Å². The maximum Gasteiger partial charge on any atom is 0.131 e. The molecule has 0 bridgehead atoms. The molecule has 1 rings (SSSR count). The molecule has 0 unspecified atom stereocenters. The maximum absolute atomic E-state index is 10.2. The van der Waals surface area contributed by atoms with Crippen molar-refractivity contribution in [3.63, 3.8) is 0 Å². The van der Waals surface area contributed by atoms with Gasteiger partial charge in [0.2, 0.25) is 0 Å². The van der Waals surface area contributed by atoms with Gasteiger partial charge in [-0.15, -0.1) is 4.91 Å². The largest absolute Gasteiger partial charge is 0.386 e. The van der Waals surface area contributed by atoms with Crippen molar-refractivity contribution < 1.29 is 0 Å². The molecule has 0 aliphatic rings. The van der Waals surface area contributed by atoms with Gasteiger partial charge in [-0.3, -0.25) is 0 Å². The fraction of sp³-hybridized carbons (Fsp3) is 0.250. The molecule has 11 heavy (non-hydrogen) atoms. The molecular weight excluding hydrogens is 140 g/mol. The fourth-order valence-corrected chi connectivity index (χ4v) is 0.930. The maximum atomic E-state index is 10.2. The number of rotatable bonds is 2. The summed E-state index contributed by atoms with van der Waals surface area (Å²) in [6.07, 6.45) is 0. The van der Waals surface area contributed by atoms with Crippen molar-refractivity contribution in [2.24, 2.45) is 5.18 Å². The molecule has 0 atom stereocenters. The summed E-state index contributed by atoms with van der Waals surface area (Å²) in [5.41, 5.74) is 2.35. The van der Waals surface area contributed by atoms with E-state index >= 15 is 0 Å². The van der Waals surface area contributed by atoms with Crippen molar-refractivity contribution in [1.29, 1.82) is 0 Å². The fourth-order valence-electron chi connectivity index (χ4n) is 0.930. The van der Waals surface area contributed by atoms with Crippen molar-refractivity contribution in [2.45, 2.75) is 6.92 Å². The molecule has 0 aromatic heterocycles. The minimum Gasteiger partial charge on any atom is -0.386 e. The Kier molecular flexibility index (Phi) is 2.21. The molecule has 3 heteroatoms. The van der Waals surface area contributed by atoms with Gasteiger partial charge in [0.1, 0.15) is 5.69 Å². The van der Waals surface area contributed by atoms with E-state index in [1.807, 2.05) is 19.1 Å². The van der Waals surface area contributed by atoms with Gasteiger partial charge in [-0.2, -0.15) is 0 Å². The number of hydrogen-bond acceptors (Lipinski definition) is 3. The van der Waals surface area contributed by atoms with Crippen molar-refractivity contribution >= 4 is 11.4 Å². The second-order valence-corrected chi connectivity index (χ2v) is 2.36. The van der Waals surface area contributed by atoms with Gasteiger partial charge < -0.3 is 5.32 Å². The second-order valence-electron chi connectivity index (χ2n) is 2.36. The van der Waals surface area contributed by atoms with Crippen molar-refractivity contribution in [3.8, 4) is 0 Å². The van der Waals surface area contributed by atoms with E-state index in [1.165, 1.54) is 0 Å². The molecular formula is C8H10N2O. The number of anilines is 1. The van der Waals surface area contributed by atoms with Crippen molar-refractivity contribution in [2.75, 3.05) is 12.4 Å². The number of hydrogen-bond donors (Lipinski definition) is 1. The average molecular weight is 150 g/mol. The van der Waals surface area contributed by atoms with Crippen LogP contribution in [0.25, 0.3) is 0 Å². The van der Waals surface area contributed by atoms with E-state index in [9.17, 15) is 4.91 Å². The van der Waals surface area contributed by atoms with E-state index in [0.717, 1.165) is 11.3 Å². The van der Waals surface area contributed by atoms with Gasteiger partial charge in [0.15, 0.2) is 0 Å². The first-order chi connectivity index (χ1) is 5.27. The topological polar surface area (TPSA) is 41.5 Å². The van der Waals surface area contributed by atoms with E-state index in [0.29, 0.717) is 5.69 Å². The number of aryl methyl sites for hydroxylation is 1. The first kappa shape index (κ1) is 7.72. The molecule has 1 aromatic carbocycles. The van der Waals surface area contributed by atoms with Crippen LogP contribution in [-0.2, 0) is 0 Å². The van der Waals surface area contributed by atoms with Gasteiger partial charge in [-0.05, 0) is 29.8 Å². The van der Waals surface area contributed by atoms with Gasteiger partial charge in [0.25, 0.3) is 0 Å². The molecule has 1 aromatic rings. The zero-order valence-corrected chi connectivity index (χ0v) is 6.59. The van der Waals surface area contributed by atoms with E-state index in [-0.39, 0.29) is 0 Å². The summed E-state index contributed by atoms with van der Waals surface area (Å²) >= 11 is 0. The number of nitrogens with zero attached hydrogens (tertiary/aromatic N) is 1. The summed E-state index contributed by atoms with van der Waals surface area (Å²) in [4.78, 5) is 10.2. The average Bonchev–Trinajstić information content (AvgIpc) is 2.04. The van der Waals surface area contributed by atoms with Crippen LogP contribution >= 0.6 is 0 Å². The van der Waals surface area contributed by atoms with Gasteiger partial charge in [-0.1, -0.05) is 6.07 Å². The smallest absolute Gasteiger partial charge is 0.131 e. The van der Waals surface area contributed by atoms with Crippen LogP contribution in [0, 0.1) is 11.8 Å². The van der Waals surface area contributed by atoms with E-state index in [4.69, 9.17) is 0 Å². The lowest BCUT2D eigenvalue weighted by atomic mass is 10.2. The molecule has 0 aliphatic carbocycles. The summed E-state index contributed by atoms with van der Waals surface area (Å²) in [5.74, 6) is 0. The molecule has 58 valence electrons. The zero-order chi connectivity index (χ0) is 8.27. The van der Waals surface area contributed by atoms with Gasteiger partial charge in [0, 0.05) is 7.05 Å². The van der Waals surface area contributed by atoms with Gasteiger partial charge in [-0.25, -0.2) is 0 Å². The summed E-state index contributed by atoms with van der Waals surface area (Å²) in [5, 5.41) is 5.76. The van der Waals surface area contributed by atoms with Crippen LogP contribution in [0.1, 0.15) is 5.56 Å². The van der Waals surface area contributed by atoms with Gasteiger partial charge in [0.05, 0.1) is 5.69 Å². The third-order valence-corrected chi connectivity index (χ3v) is 1.52. The highest BCUT2D eigenvalue weighted by Crippen LogP contribution is 2.24. The molecule has 1 N–H and O–H groups in total. The lowest BCUT2D eigenvalue weighted by Gasteiger charge is -2.02. The number of benzene rings is 1. The Morgan fingerprint density at radius 2 is 2.18 bits per heavy atom. The molecule has 0 amide bonds. The Morgan fingerprint density at radius 1 is 1.45 bits per heavy atom. The minimum atomic E-state index is 0.457. The molecule has 0 spiro atoms. The summed E-state index contributed by atoms with van der Waals surface area (Å²) in [6.45, 7) is 1.97. The van der Waals surface area contributed by atoms with Crippen LogP contribution in [0.4, 0.5) is 11.4 Å². The Labute approximate surface area is 65.4 Å². The van der Waals surface area contributed by atoms with Crippen molar-refractivity contribution in [1.82, 2.24) is 0 Å². The highest BCUT2D eigenvalue weighted by molar-refractivity contribution is 5.65. The van der Waals surface area contributed by atoms with Crippen molar-refractivity contribution in [3.05, 3.63) is 28.7 Å². The van der Waals surface area contributed by atoms with Crippen LogP contribution < -0.4 is 5.32 Å². The highest BCUT2D eigenvalue weighted by Gasteiger charge is 1.98. The molecule has 0 radical (unpaired) electrons. The van der Waals surface area contributed by atoms with Gasteiger partial charge >= 0.3 is 0 Å². The minimum absolute atomic E-state index is 0.457. The summed E-state index contributed by atoms with van der Waals surface area (Å²) in [6, 6.07) is 5.45. The van der Waals surface area contributed by atoms with E-state index in [2.05, 4.69) is 10.5 Å². The second kappa shape index (κ2) is 3.14. The normalized spacial score (nSPS) is 9.27. The molecule has 0 saturated heterocycles. The SMILES string of the molecule is CNc1cc(C)ccc1N=O. The first-order valence-corrected chi connectivity index (χ1v) is 3.39. The van der Waals surface area contributed by atoms with Crippen LogP contribution in [0.3, 0.4) is 0 Å². The van der Waals surface area contributed by atoms with Crippen LogP contribution in [-0.4, -0.2) is 7.05 Å². The summed E-state index contributed by atoms with van der Waals surface area (Å²) < 4.78 is 0. The van der Waals surface area contributed by atoms with Crippen LogP contribution in [0.5, 0.6) is 0 Å². The molecule has 0 aliphatic heterocycles. The first-order valence-electron chi connectivity index (χ1n) is 3.39. The Hall–Kier alpha value is -1.38. The third-order valence-electron chi connectivity index (χ3n) is 1.52. The summed E-state index contributed by atoms with van der Waals surface area (Å²) in [7, 11) is 1.77. The standard InChI is InChI=1S/C8H10N2O/c1-6-3-4-7(10-11)8(5-6)9-2/h3-5,9H,1-2H3. The highest BCUT2D eigenvalue weighted by atomic mass is 16.3. The predicted octanol–water partition coefficient (Wildman–Crippen LogP) is 2.43. The Morgan fingerprint density at radius 3 is 2.73 bits per heavy atom. The molecule has 3 nitrogen and oxygen atoms in total. The lowest BCUT2D eigenvalue weighted by Crippen LogP contribution is -1.88. The zero-order valence-electron chi connectivity index (χ0n) is 6.59. The van der Waals surface area contributed by atoms with Crippen LogP contribution in [0.2, 0.25) is 0 Å². The molecule has 0 saturated carbocycles. The van der Waals surface area contributed by atoms with Crippen LogP contribution in [0.15, 0.2) is 23.4 Å². The number of nitrogens with one attached hydrogen (secondary N) is 1. The molecule has 0 fully saturated rings. The Bertz CT molecular complexity index is 271. The number of nitroso groups, excluding NO2 is 1. The third kappa shape index (κ3) is 1.55. The van der Waals surface area contributed by atoms with E-state index < -0.39 is 0 Å². The monoisotopic (exact) mass is 150 g/mol. The predicted molar refractivity (Wildman–Crippen MR) is 46.2 cm³/mol. The quantitative estimate of drug-likeness (QED) is 0.658. The lowest BCUT2D eigenvalue weighted by molar-refractivity contribution is 1.39. The molecule has 0 heterocycles. The Balaban J connectivity index is 3.16.